The predicted octanol–water partition coefficient (Wildman–Crippen LogP) is 3.61. The molecule has 0 saturated heterocycles. The van der Waals surface area contributed by atoms with Crippen LogP contribution in [0.2, 0.25) is 0 Å². The van der Waals surface area contributed by atoms with Crippen LogP contribution in [0.1, 0.15) is 43.2 Å². The summed E-state index contributed by atoms with van der Waals surface area (Å²) in [5, 5.41) is 0. The summed E-state index contributed by atoms with van der Waals surface area (Å²) in [6.07, 6.45) is 7.02. The third-order valence-electron chi connectivity index (χ3n) is 6.21. The summed E-state index contributed by atoms with van der Waals surface area (Å²) in [4.78, 5) is 0. The van der Waals surface area contributed by atoms with Crippen LogP contribution >= 0.6 is 0 Å². The number of hydrogen-bond donors (Lipinski definition) is 1. The second-order valence-electron chi connectivity index (χ2n) is 6.92. The Bertz CT molecular complexity index is 480. The Morgan fingerprint density at radius 3 is 2.78 bits per heavy atom. The first kappa shape index (κ1) is 11.0. The fourth-order valence-electron chi connectivity index (χ4n) is 5.60. The van der Waals surface area contributed by atoms with Crippen molar-refractivity contribution < 1.29 is 0 Å². The summed E-state index contributed by atoms with van der Waals surface area (Å²) in [6.45, 7) is 2.22. The van der Waals surface area contributed by atoms with Crippen molar-refractivity contribution in [3.63, 3.8) is 0 Å². The topological polar surface area (TPSA) is 26.0 Å². The van der Waals surface area contributed by atoms with Crippen LogP contribution in [0.25, 0.3) is 0 Å². The fraction of sp³-hybridized carbons (Fsp3) is 0.647. The molecule has 3 fully saturated rings. The maximum absolute atomic E-state index is 6.92. The Hall–Kier alpha value is -0.820. The third kappa shape index (κ3) is 1.26. The highest BCUT2D eigenvalue weighted by Crippen LogP contribution is 2.64. The van der Waals surface area contributed by atoms with Gasteiger partial charge in [0.25, 0.3) is 0 Å². The molecule has 1 aromatic carbocycles. The Balaban J connectivity index is 1.76. The van der Waals surface area contributed by atoms with Crippen LogP contribution in [0.4, 0.5) is 0 Å². The van der Waals surface area contributed by atoms with Gasteiger partial charge in [0.2, 0.25) is 0 Å². The Morgan fingerprint density at radius 1 is 1.17 bits per heavy atom. The van der Waals surface area contributed by atoms with Crippen LogP contribution in [0.3, 0.4) is 0 Å². The summed E-state index contributed by atoms with van der Waals surface area (Å²) in [5.41, 5.74) is 9.73. The first-order valence-electron chi connectivity index (χ1n) is 7.55. The maximum Gasteiger partial charge on any atom is 0.0446 e. The van der Waals surface area contributed by atoms with Gasteiger partial charge in [0.1, 0.15) is 0 Å². The lowest BCUT2D eigenvalue weighted by Gasteiger charge is -2.41. The number of hydrogen-bond acceptors (Lipinski definition) is 1. The monoisotopic (exact) mass is 241 g/mol. The first-order chi connectivity index (χ1) is 8.70. The molecule has 96 valence electrons. The summed E-state index contributed by atoms with van der Waals surface area (Å²) in [7, 11) is 0. The van der Waals surface area contributed by atoms with Crippen LogP contribution in [0.15, 0.2) is 24.3 Å². The minimum atomic E-state index is -0.0124. The van der Waals surface area contributed by atoms with Crippen molar-refractivity contribution in [3.05, 3.63) is 35.4 Å². The molecule has 5 atom stereocenters. The quantitative estimate of drug-likeness (QED) is 0.798. The first-order valence-corrected chi connectivity index (χ1v) is 7.55. The lowest BCUT2D eigenvalue weighted by atomic mass is 9.67. The standard InChI is InChI=1S/C17H23N/c1-11-5-2-3-8-15(11)17(18)10-12-9-16(17)14-7-4-6-13(12)14/h2-3,5,8,12-14,16H,4,6-7,9-10,18H2,1H3. The van der Waals surface area contributed by atoms with Crippen molar-refractivity contribution in [2.24, 2.45) is 29.4 Å². The molecule has 2 bridgehead atoms. The molecule has 18 heavy (non-hydrogen) atoms. The number of aryl methyl sites for hydroxylation is 1. The second kappa shape index (κ2) is 3.60. The van der Waals surface area contributed by atoms with E-state index in [-0.39, 0.29) is 5.54 Å². The maximum atomic E-state index is 6.92. The average molecular weight is 241 g/mol. The molecule has 0 amide bonds. The van der Waals surface area contributed by atoms with E-state index in [1.165, 1.54) is 43.2 Å². The van der Waals surface area contributed by atoms with Crippen molar-refractivity contribution >= 4 is 0 Å². The smallest absolute Gasteiger partial charge is 0.0446 e. The van der Waals surface area contributed by atoms with E-state index in [0.717, 1.165) is 23.7 Å². The van der Waals surface area contributed by atoms with E-state index in [2.05, 4.69) is 31.2 Å². The second-order valence-corrected chi connectivity index (χ2v) is 6.92. The van der Waals surface area contributed by atoms with Gasteiger partial charge in [-0.1, -0.05) is 30.7 Å². The van der Waals surface area contributed by atoms with Gasteiger partial charge in [-0.15, -0.1) is 0 Å². The van der Waals surface area contributed by atoms with E-state index in [1.54, 1.807) is 0 Å². The van der Waals surface area contributed by atoms with Gasteiger partial charge in [0, 0.05) is 5.54 Å². The number of nitrogens with two attached hydrogens (primary N) is 1. The number of fused-ring (bicyclic) bond motifs is 5. The van der Waals surface area contributed by atoms with Gasteiger partial charge in [-0.25, -0.2) is 0 Å². The van der Waals surface area contributed by atoms with Crippen molar-refractivity contribution in [1.82, 2.24) is 0 Å². The molecule has 1 nitrogen and oxygen atoms in total. The van der Waals surface area contributed by atoms with Crippen LogP contribution in [-0.4, -0.2) is 0 Å². The largest absolute Gasteiger partial charge is 0.321 e. The van der Waals surface area contributed by atoms with Crippen molar-refractivity contribution in [2.45, 2.75) is 44.6 Å². The predicted molar refractivity (Wildman–Crippen MR) is 74.1 cm³/mol. The summed E-state index contributed by atoms with van der Waals surface area (Å²) in [6, 6.07) is 8.80. The molecule has 0 aliphatic heterocycles. The SMILES string of the molecule is Cc1ccccc1C1(N)CC2CC1C1CCCC21. The van der Waals surface area contributed by atoms with E-state index >= 15 is 0 Å². The zero-order chi connectivity index (χ0) is 12.3. The Labute approximate surface area is 110 Å². The minimum Gasteiger partial charge on any atom is -0.321 e. The van der Waals surface area contributed by atoms with Crippen LogP contribution < -0.4 is 5.73 Å². The van der Waals surface area contributed by atoms with Gasteiger partial charge in [0.15, 0.2) is 0 Å². The molecule has 0 radical (unpaired) electrons. The van der Waals surface area contributed by atoms with Gasteiger partial charge in [-0.2, -0.15) is 0 Å². The molecule has 3 saturated carbocycles. The van der Waals surface area contributed by atoms with Crippen LogP contribution in [0.5, 0.6) is 0 Å². The molecular formula is C17H23N. The van der Waals surface area contributed by atoms with Gasteiger partial charge in [-0.3, -0.25) is 0 Å². The molecule has 1 heteroatoms. The van der Waals surface area contributed by atoms with E-state index in [9.17, 15) is 0 Å². The lowest BCUT2D eigenvalue weighted by Crippen LogP contribution is -2.46. The summed E-state index contributed by atoms with van der Waals surface area (Å²) < 4.78 is 0. The van der Waals surface area contributed by atoms with Gasteiger partial charge < -0.3 is 5.73 Å². The Morgan fingerprint density at radius 2 is 1.94 bits per heavy atom. The van der Waals surface area contributed by atoms with Gasteiger partial charge >= 0.3 is 0 Å². The third-order valence-corrected chi connectivity index (χ3v) is 6.21. The Kier molecular flexibility index (Phi) is 2.21. The molecular weight excluding hydrogens is 218 g/mol. The van der Waals surface area contributed by atoms with E-state index in [0.29, 0.717) is 0 Å². The summed E-state index contributed by atoms with van der Waals surface area (Å²) >= 11 is 0. The zero-order valence-corrected chi connectivity index (χ0v) is 11.2. The zero-order valence-electron chi connectivity index (χ0n) is 11.2. The molecule has 2 N–H and O–H groups in total. The number of rotatable bonds is 1. The van der Waals surface area contributed by atoms with Crippen LogP contribution in [-0.2, 0) is 5.54 Å². The highest BCUT2D eigenvalue weighted by molar-refractivity contribution is 5.36. The van der Waals surface area contributed by atoms with E-state index in [4.69, 9.17) is 5.73 Å². The van der Waals surface area contributed by atoms with Crippen molar-refractivity contribution in [3.8, 4) is 0 Å². The van der Waals surface area contributed by atoms with E-state index in [1.807, 2.05) is 0 Å². The highest BCUT2D eigenvalue weighted by Gasteiger charge is 2.59. The summed E-state index contributed by atoms with van der Waals surface area (Å²) in [5.74, 6) is 3.65. The van der Waals surface area contributed by atoms with Crippen molar-refractivity contribution in [2.75, 3.05) is 0 Å². The highest BCUT2D eigenvalue weighted by atomic mass is 14.8. The average Bonchev–Trinajstić information content (AvgIpc) is 2.99. The number of benzene rings is 1. The fourth-order valence-corrected chi connectivity index (χ4v) is 5.60. The molecule has 5 unspecified atom stereocenters. The minimum absolute atomic E-state index is 0.0124. The molecule has 4 rings (SSSR count). The van der Waals surface area contributed by atoms with Gasteiger partial charge in [-0.05, 0) is 67.4 Å². The van der Waals surface area contributed by atoms with E-state index < -0.39 is 0 Å². The molecule has 3 aliphatic rings. The van der Waals surface area contributed by atoms with Gasteiger partial charge in [0.05, 0.1) is 0 Å². The van der Waals surface area contributed by atoms with Crippen LogP contribution in [0, 0.1) is 30.6 Å². The lowest BCUT2D eigenvalue weighted by molar-refractivity contribution is 0.156. The molecule has 1 aromatic rings. The molecule has 0 aromatic heterocycles. The molecule has 0 heterocycles. The molecule has 3 aliphatic carbocycles. The molecule has 0 spiro atoms. The normalized spacial score (nSPS) is 45.4. The van der Waals surface area contributed by atoms with Crippen molar-refractivity contribution in [1.29, 1.82) is 0 Å².